The molecule has 1 atom stereocenters. The molecular weight excluding hydrogens is 326 g/mol. The lowest BCUT2D eigenvalue weighted by Gasteiger charge is -2.19. The standard InChI is InChI=1S/C20H19N5O/c26-20(14-24-15-21-17-9-4-5-10-19(17)24)23-18(13-25-12-6-11-22-25)16-7-2-1-3-8-16/h1-12,15,18H,13-14H2,(H,23,26)/t18-/m1/s1. The molecular formula is C20H19N5O. The van der Waals surface area contributed by atoms with Crippen LogP contribution in [0, 0.1) is 0 Å². The normalized spacial score (nSPS) is 12.2. The highest BCUT2D eigenvalue weighted by Crippen LogP contribution is 2.16. The van der Waals surface area contributed by atoms with Gasteiger partial charge in [-0.25, -0.2) is 4.98 Å². The number of hydrogen-bond donors (Lipinski definition) is 1. The highest BCUT2D eigenvalue weighted by molar-refractivity contribution is 5.80. The van der Waals surface area contributed by atoms with Crippen molar-refractivity contribution in [1.82, 2.24) is 24.6 Å². The first kappa shape index (κ1) is 16.1. The highest BCUT2D eigenvalue weighted by atomic mass is 16.2. The largest absolute Gasteiger partial charge is 0.346 e. The van der Waals surface area contributed by atoms with Crippen LogP contribution in [-0.4, -0.2) is 25.2 Å². The average molecular weight is 345 g/mol. The highest BCUT2D eigenvalue weighted by Gasteiger charge is 2.16. The number of carbonyl (C=O) groups is 1. The Morgan fingerprint density at radius 1 is 1.04 bits per heavy atom. The molecule has 0 aliphatic carbocycles. The lowest BCUT2D eigenvalue weighted by molar-refractivity contribution is -0.122. The molecule has 0 saturated heterocycles. The summed E-state index contributed by atoms with van der Waals surface area (Å²) in [5.41, 5.74) is 2.88. The summed E-state index contributed by atoms with van der Waals surface area (Å²) in [5.74, 6) is -0.0610. The number of benzene rings is 2. The number of hydrogen-bond acceptors (Lipinski definition) is 3. The predicted molar refractivity (Wildman–Crippen MR) is 99.3 cm³/mol. The summed E-state index contributed by atoms with van der Waals surface area (Å²) in [5, 5.41) is 7.38. The van der Waals surface area contributed by atoms with Crippen molar-refractivity contribution in [2.75, 3.05) is 0 Å². The van der Waals surface area contributed by atoms with Crippen LogP contribution in [0.25, 0.3) is 11.0 Å². The van der Waals surface area contributed by atoms with E-state index in [1.165, 1.54) is 0 Å². The molecule has 2 aromatic carbocycles. The fourth-order valence-electron chi connectivity index (χ4n) is 3.05. The molecule has 130 valence electrons. The quantitative estimate of drug-likeness (QED) is 0.584. The zero-order valence-electron chi connectivity index (χ0n) is 14.2. The minimum atomic E-state index is -0.154. The molecule has 0 radical (unpaired) electrons. The maximum Gasteiger partial charge on any atom is 0.240 e. The third-order valence-corrected chi connectivity index (χ3v) is 4.31. The van der Waals surface area contributed by atoms with E-state index in [0.29, 0.717) is 6.54 Å². The molecule has 6 nitrogen and oxygen atoms in total. The summed E-state index contributed by atoms with van der Waals surface area (Å²) in [7, 11) is 0. The number of rotatable bonds is 6. The number of imidazole rings is 1. The molecule has 4 aromatic rings. The SMILES string of the molecule is O=C(Cn1cnc2ccccc21)N[C@H](Cn1cccn1)c1ccccc1. The second kappa shape index (κ2) is 7.23. The van der Waals surface area contributed by atoms with Crippen LogP contribution in [0.15, 0.2) is 79.4 Å². The second-order valence-corrected chi connectivity index (χ2v) is 6.12. The van der Waals surface area contributed by atoms with Gasteiger partial charge in [-0.15, -0.1) is 0 Å². The van der Waals surface area contributed by atoms with Crippen LogP contribution >= 0.6 is 0 Å². The summed E-state index contributed by atoms with van der Waals surface area (Å²) in [6.07, 6.45) is 5.34. The van der Waals surface area contributed by atoms with Crippen molar-refractivity contribution in [2.24, 2.45) is 0 Å². The van der Waals surface area contributed by atoms with Gasteiger partial charge in [0.2, 0.25) is 5.91 Å². The Bertz CT molecular complexity index is 991. The number of nitrogens with zero attached hydrogens (tertiary/aromatic N) is 4. The van der Waals surface area contributed by atoms with Gasteiger partial charge >= 0.3 is 0 Å². The van der Waals surface area contributed by atoms with Crippen molar-refractivity contribution in [1.29, 1.82) is 0 Å². The Labute approximate surface area is 151 Å². The Kier molecular flexibility index (Phi) is 4.47. The van der Waals surface area contributed by atoms with Crippen LogP contribution in [0.1, 0.15) is 11.6 Å². The van der Waals surface area contributed by atoms with E-state index in [1.807, 2.05) is 76.1 Å². The summed E-state index contributed by atoms with van der Waals surface area (Å²) in [4.78, 5) is 17.0. The van der Waals surface area contributed by atoms with Crippen molar-refractivity contribution in [3.05, 3.63) is 84.9 Å². The first-order valence-corrected chi connectivity index (χ1v) is 8.51. The van der Waals surface area contributed by atoms with Crippen LogP contribution in [0.2, 0.25) is 0 Å². The maximum atomic E-state index is 12.7. The molecule has 0 fully saturated rings. The maximum absolute atomic E-state index is 12.7. The lowest BCUT2D eigenvalue weighted by atomic mass is 10.1. The number of nitrogens with one attached hydrogen (secondary N) is 1. The van der Waals surface area contributed by atoms with Crippen molar-refractivity contribution in [3.63, 3.8) is 0 Å². The van der Waals surface area contributed by atoms with E-state index in [2.05, 4.69) is 15.4 Å². The van der Waals surface area contributed by atoms with Crippen molar-refractivity contribution in [3.8, 4) is 0 Å². The minimum absolute atomic E-state index is 0.0610. The van der Waals surface area contributed by atoms with Crippen molar-refractivity contribution >= 4 is 16.9 Å². The van der Waals surface area contributed by atoms with Gasteiger partial charge in [-0.05, 0) is 23.8 Å². The van der Waals surface area contributed by atoms with E-state index in [1.54, 1.807) is 12.5 Å². The summed E-state index contributed by atoms with van der Waals surface area (Å²) in [6.45, 7) is 0.802. The molecule has 2 aromatic heterocycles. The number of fused-ring (bicyclic) bond motifs is 1. The Morgan fingerprint density at radius 2 is 1.85 bits per heavy atom. The van der Waals surface area contributed by atoms with Gasteiger partial charge in [-0.1, -0.05) is 42.5 Å². The number of para-hydroxylation sites is 2. The van der Waals surface area contributed by atoms with Gasteiger partial charge in [0.05, 0.1) is 29.9 Å². The summed E-state index contributed by atoms with van der Waals surface area (Å²) >= 11 is 0. The van der Waals surface area contributed by atoms with Gasteiger partial charge in [-0.2, -0.15) is 5.10 Å². The lowest BCUT2D eigenvalue weighted by Crippen LogP contribution is -2.34. The molecule has 4 rings (SSSR count). The Hall–Kier alpha value is -3.41. The first-order chi connectivity index (χ1) is 12.8. The molecule has 26 heavy (non-hydrogen) atoms. The third-order valence-electron chi connectivity index (χ3n) is 4.31. The van der Waals surface area contributed by atoms with Crippen LogP contribution in [0.4, 0.5) is 0 Å². The average Bonchev–Trinajstić information content (AvgIpc) is 3.32. The van der Waals surface area contributed by atoms with Gasteiger partial charge in [0.15, 0.2) is 0 Å². The molecule has 0 aliphatic heterocycles. The van der Waals surface area contributed by atoms with E-state index in [-0.39, 0.29) is 18.5 Å². The Morgan fingerprint density at radius 3 is 2.65 bits per heavy atom. The molecule has 1 amide bonds. The van der Waals surface area contributed by atoms with Crippen LogP contribution < -0.4 is 5.32 Å². The fourth-order valence-corrected chi connectivity index (χ4v) is 3.05. The van der Waals surface area contributed by atoms with Crippen LogP contribution in [0.3, 0.4) is 0 Å². The molecule has 6 heteroatoms. The minimum Gasteiger partial charge on any atom is -0.346 e. The summed E-state index contributed by atoms with van der Waals surface area (Å²) in [6, 6.07) is 19.5. The zero-order chi connectivity index (χ0) is 17.8. The molecule has 2 heterocycles. The molecule has 0 saturated carbocycles. The van der Waals surface area contributed by atoms with Gasteiger partial charge in [0.1, 0.15) is 6.54 Å². The van der Waals surface area contributed by atoms with E-state index >= 15 is 0 Å². The molecule has 0 spiro atoms. The third kappa shape index (κ3) is 3.49. The van der Waals surface area contributed by atoms with Gasteiger partial charge in [-0.3, -0.25) is 9.48 Å². The number of aromatic nitrogens is 4. The van der Waals surface area contributed by atoms with Crippen LogP contribution in [-0.2, 0) is 17.9 Å². The topological polar surface area (TPSA) is 64.7 Å². The fraction of sp³-hybridized carbons (Fsp3) is 0.150. The number of carbonyl (C=O) groups excluding carboxylic acids is 1. The van der Waals surface area contributed by atoms with Gasteiger partial charge < -0.3 is 9.88 Å². The zero-order valence-corrected chi connectivity index (χ0v) is 14.2. The molecule has 1 N–H and O–H groups in total. The van der Waals surface area contributed by atoms with Gasteiger partial charge in [0.25, 0.3) is 0 Å². The predicted octanol–water partition coefficient (Wildman–Crippen LogP) is 2.79. The van der Waals surface area contributed by atoms with Gasteiger partial charge in [0, 0.05) is 12.4 Å². The van der Waals surface area contributed by atoms with E-state index in [4.69, 9.17) is 0 Å². The van der Waals surface area contributed by atoms with Crippen molar-refractivity contribution < 1.29 is 4.79 Å². The summed E-state index contributed by atoms with van der Waals surface area (Å²) < 4.78 is 3.69. The second-order valence-electron chi connectivity index (χ2n) is 6.12. The molecule has 0 unspecified atom stereocenters. The number of amides is 1. The molecule has 0 aliphatic rings. The smallest absolute Gasteiger partial charge is 0.240 e. The monoisotopic (exact) mass is 345 g/mol. The van der Waals surface area contributed by atoms with Crippen molar-refractivity contribution in [2.45, 2.75) is 19.1 Å². The van der Waals surface area contributed by atoms with E-state index in [0.717, 1.165) is 16.6 Å². The molecule has 0 bridgehead atoms. The van der Waals surface area contributed by atoms with E-state index < -0.39 is 0 Å². The van der Waals surface area contributed by atoms with E-state index in [9.17, 15) is 4.79 Å². The van der Waals surface area contributed by atoms with Crippen LogP contribution in [0.5, 0.6) is 0 Å². The Balaban J connectivity index is 1.52. The first-order valence-electron chi connectivity index (χ1n) is 8.51.